The van der Waals surface area contributed by atoms with Crippen LogP contribution in [0.2, 0.25) is 0 Å². The number of thiazole rings is 1. The van der Waals surface area contributed by atoms with Gasteiger partial charge in [0.1, 0.15) is 5.01 Å². The minimum Gasteiger partial charge on any atom is -0.356 e. The first-order chi connectivity index (χ1) is 11.0. The summed E-state index contributed by atoms with van der Waals surface area (Å²) in [6.07, 6.45) is -5.08. The molecular weight excluding hydrogens is 452 g/mol. The average Bonchev–Trinajstić information content (AvgIpc) is 2.99. The third-order valence-electron chi connectivity index (χ3n) is 2.93. The van der Waals surface area contributed by atoms with E-state index in [1.165, 1.54) is 18.4 Å². The highest BCUT2D eigenvalue weighted by Crippen LogP contribution is 2.23. The average molecular weight is 470 g/mol. The van der Waals surface area contributed by atoms with Crippen LogP contribution in [-0.4, -0.2) is 30.7 Å². The lowest BCUT2D eigenvalue weighted by Crippen LogP contribution is -2.38. The van der Waals surface area contributed by atoms with Gasteiger partial charge in [-0.2, -0.15) is 13.2 Å². The van der Waals surface area contributed by atoms with Gasteiger partial charge in [-0.1, -0.05) is 30.3 Å². The van der Waals surface area contributed by atoms with E-state index < -0.39 is 12.6 Å². The molecule has 0 saturated carbocycles. The fourth-order valence-electron chi connectivity index (χ4n) is 1.82. The zero-order valence-electron chi connectivity index (χ0n) is 12.9. The van der Waals surface area contributed by atoms with Crippen molar-refractivity contribution in [2.45, 2.75) is 19.1 Å². The first kappa shape index (κ1) is 20.7. The Kier molecular flexibility index (Phi) is 8.46. The molecule has 0 bridgehead atoms. The zero-order valence-corrected chi connectivity index (χ0v) is 16.1. The summed E-state index contributed by atoms with van der Waals surface area (Å²) >= 11 is 1.52. The maximum absolute atomic E-state index is 12.1. The smallest absolute Gasteiger partial charge is 0.356 e. The van der Waals surface area contributed by atoms with Crippen molar-refractivity contribution in [3.8, 4) is 10.6 Å². The Hall–Kier alpha value is -1.36. The van der Waals surface area contributed by atoms with Crippen molar-refractivity contribution in [2.75, 3.05) is 13.6 Å². The predicted octanol–water partition coefficient (Wildman–Crippen LogP) is 4.05. The Bertz CT molecular complexity index is 644. The maximum Gasteiger partial charge on any atom is 0.390 e. The van der Waals surface area contributed by atoms with E-state index in [-0.39, 0.29) is 30.5 Å². The summed E-state index contributed by atoms with van der Waals surface area (Å²) in [5.41, 5.74) is 1.85. The highest BCUT2D eigenvalue weighted by molar-refractivity contribution is 14.0. The number of aromatic nitrogens is 1. The van der Waals surface area contributed by atoms with Crippen LogP contribution in [0.5, 0.6) is 0 Å². The lowest BCUT2D eigenvalue weighted by molar-refractivity contribution is -0.132. The van der Waals surface area contributed by atoms with Crippen molar-refractivity contribution in [2.24, 2.45) is 4.99 Å². The minimum absolute atomic E-state index is 0. The molecule has 1 aromatic heterocycles. The van der Waals surface area contributed by atoms with Gasteiger partial charge in [0.25, 0.3) is 0 Å². The first-order valence-corrected chi connectivity index (χ1v) is 7.87. The van der Waals surface area contributed by atoms with E-state index in [0.29, 0.717) is 12.5 Å². The Morgan fingerprint density at radius 3 is 2.54 bits per heavy atom. The largest absolute Gasteiger partial charge is 0.390 e. The minimum atomic E-state index is -4.18. The normalized spacial score (nSPS) is 11.8. The van der Waals surface area contributed by atoms with Gasteiger partial charge in [0.05, 0.1) is 18.7 Å². The molecule has 9 heteroatoms. The van der Waals surface area contributed by atoms with Crippen LogP contribution in [0, 0.1) is 0 Å². The molecule has 2 aromatic rings. The molecule has 0 amide bonds. The number of benzene rings is 1. The van der Waals surface area contributed by atoms with Crippen molar-refractivity contribution in [3.63, 3.8) is 0 Å². The van der Waals surface area contributed by atoms with E-state index in [2.05, 4.69) is 20.6 Å². The molecule has 1 aromatic carbocycles. The second-order valence-electron chi connectivity index (χ2n) is 4.73. The molecule has 0 radical (unpaired) electrons. The van der Waals surface area contributed by atoms with Gasteiger partial charge in [0.15, 0.2) is 5.96 Å². The van der Waals surface area contributed by atoms with Crippen molar-refractivity contribution < 1.29 is 13.2 Å². The number of nitrogens with zero attached hydrogens (tertiary/aromatic N) is 2. The molecule has 0 aliphatic carbocycles. The molecule has 0 spiro atoms. The molecule has 0 aliphatic rings. The molecule has 24 heavy (non-hydrogen) atoms. The molecule has 0 fully saturated rings. The molecule has 4 nitrogen and oxygen atoms in total. The quantitative estimate of drug-likeness (QED) is 0.394. The number of hydrogen-bond donors (Lipinski definition) is 2. The number of aliphatic imine (C=N–C) groups is 1. The summed E-state index contributed by atoms with van der Waals surface area (Å²) in [5, 5.41) is 8.40. The summed E-state index contributed by atoms with van der Waals surface area (Å²) in [7, 11) is 1.51. The molecular formula is C15H18F3IN4S. The van der Waals surface area contributed by atoms with E-state index >= 15 is 0 Å². The summed E-state index contributed by atoms with van der Waals surface area (Å²) in [5.74, 6) is 0.323. The third kappa shape index (κ3) is 7.04. The van der Waals surface area contributed by atoms with Crippen LogP contribution in [0.1, 0.15) is 12.1 Å². The molecule has 0 atom stereocenters. The lowest BCUT2D eigenvalue weighted by Gasteiger charge is -2.12. The third-order valence-corrected chi connectivity index (χ3v) is 3.87. The van der Waals surface area contributed by atoms with Crippen LogP contribution in [0.25, 0.3) is 10.6 Å². The fraction of sp³-hybridized carbons (Fsp3) is 0.333. The van der Waals surface area contributed by atoms with Gasteiger partial charge in [-0.3, -0.25) is 4.99 Å². The molecule has 132 valence electrons. The molecule has 1 heterocycles. The fourth-order valence-corrected chi connectivity index (χ4v) is 2.64. The van der Waals surface area contributed by atoms with Crippen molar-refractivity contribution >= 4 is 41.3 Å². The standard InChI is InChI=1S/C15H17F3N4S.HI/c1-19-14(20-8-7-15(16,17)18)21-9-12-10-23-13(22-12)11-5-3-2-4-6-11;/h2-6,10H,7-9H2,1H3,(H2,19,20,21);1H. The second kappa shape index (κ2) is 9.82. The van der Waals surface area contributed by atoms with Gasteiger partial charge >= 0.3 is 6.18 Å². The summed E-state index contributed by atoms with van der Waals surface area (Å²) in [6.45, 7) is 0.185. The molecule has 0 unspecified atom stereocenters. The molecule has 2 N–H and O–H groups in total. The Labute approximate surface area is 159 Å². The number of rotatable bonds is 5. The Balaban J connectivity index is 0.00000288. The number of alkyl halides is 3. The van der Waals surface area contributed by atoms with E-state index in [4.69, 9.17) is 0 Å². The number of halogens is 4. The number of hydrogen-bond acceptors (Lipinski definition) is 3. The SMILES string of the molecule is CN=C(NCCC(F)(F)F)NCc1csc(-c2ccccc2)n1.I. The second-order valence-corrected chi connectivity index (χ2v) is 5.59. The van der Waals surface area contributed by atoms with Gasteiger partial charge in [0, 0.05) is 24.5 Å². The van der Waals surface area contributed by atoms with Gasteiger partial charge in [-0.25, -0.2) is 4.98 Å². The van der Waals surface area contributed by atoms with Crippen LogP contribution in [0.15, 0.2) is 40.7 Å². The first-order valence-electron chi connectivity index (χ1n) is 6.99. The van der Waals surface area contributed by atoms with E-state index in [1.54, 1.807) is 0 Å². The maximum atomic E-state index is 12.1. The van der Waals surface area contributed by atoms with Crippen molar-refractivity contribution in [3.05, 3.63) is 41.4 Å². The van der Waals surface area contributed by atoms with Gasteiger partial charge in [-0.15, -0.1) is 35.3 Å². The lowest BCUT2D eigenvalue weighted by atomic mass is 10.2. The molecule has 0 aliphatic heterocycles. The number of guanidine groups is 1. The Morgan fingerprint density at radius 2 is 1.92 bits per heavy atom. The van der Waals surface area contributed by atoms with Crippen LogP contribution in [0.4, 0.5) is 13.2 Å². The Morgan fingerprint density at radius 1 is 1.21 bits per heavy atom. The van der Waals surface area contributed by atoms with Crippen LogP contribution < -0.4 is 10.6 Å². The summed E-state index contributed by atoms with van der Waals surface area (Å²) in [6, 6.07) is 9.79. The van der Waals surface area contributed by atoms with E-state index in [9.17, 15) is 13.2 Å². The van der Waals surface area contributed by atoms with Crippen LogP contribution in [-0.2, 0) is 6.54 Å². The topological polar surface area (TPSA) is 49.3 Å². The summed E-state index contributed by atoms with van der Waals surface area (Å²) in [4.78, 5) is 8.39. The van der Waals surface area contributed by atoms with E-state index in [1.807, 2.05) is 35.7 Å². The number of nitrogens with one attached hydrogen (secondary N) is 2. The summed E-state index contributed by atoms with van der Waals surface area (Å²) < 4.78 is 36.3. The van der Waals surface area contributed by atoms with Gasteiger partial charge in [-0.05, 0) is 0 Å². The van der Waals surface area contributed by atoms with Crippen LogP contribution in [0.3, 0.4) is 0 Å². The highest BCUT2D eigenvalue weighted by atomic mass is 127. The monoisotopic (exact) mass is 470 g/mol. The van der Waals surface area contributed by atoms with Crippen molar-refractivity contribution in [1.82, 2.24) is 15.6 Å². The molecule has 0 saturated heterocycles. The highest BCUT2D eigenvalue weighted by Gasteiger charge is 2.26. The van der Waals surface area contributed by atoms with Gasteiger partial charge in [0.2, 0.25) is 0 Å². The van der Waals surface area contributed by atoms with Crippen molar-refractivity contribution in [1.29, 1.82) is 0 Å². The van der Waals surface area contributed by atoms with E-state index in [0.717, 1.165) is 16.3 Å². The predicted molar refractivity (Wildman–Crippen MR) is 102 cm³/mol. The zero-order chi connectivity index (χ0) is 16.7. The van der Waals surface area contributed by atoms with Crippen LogP contribution >= 0.6 is 35.3 Å². The van der Waals surface area contributed by atoms with Gasteiger partial charge < -0.3 is 10.6 Å². The molecule has 2 rings (SSSR count).